The second kappa shape index (κ2) is 4.71. The second-order valence-corrected chi connectivity index (χ2v) is 5.23. The van der Waals surface area contributed by atoms with Crippen LogP contribution in [0.3, 0.4) is 0 Å². The number of hydrogen-bond acceptors (Lipinski definition) is 1. The third-order valence-corrected chi connectivity index (χ3v) is 3.64. The van der Waals surface area contributed by atoms with Gasteiger partial charge in [0.25, 0.3) is 0 Å². The Hall–Kier alpha value is -1.80. The molecular weight excluding hydrogens is 234 g/mol. The van der Waals surface area contributed by atoms with Crippen LogP contribution in [0.15, 0.2) is 42.5 Å². The van der Waals surface area contributed by atoms with Gasteiger partial charge in [-0.2, -0.15) is 0 Å². The molecule has 1 heterocycles. The largest absolute Gasteiger partial charge is 0.380 e. The van der Waals surface area contributed by atoms with Crippen LogP contribution >= 0.6 is 0 Å². The van der Waals surface area contributed by atoms with Crippen LogP contribution in [-0.4, -0.2) is 11.7 Å². The molecule has 0 aliphatic carbocycles. The molecule has 0 N–H and O–H groups in total. The number of nitrogens with zero attached hydrogens (tertiary/aromatic N) is 1. The average molecular weight is 253 g/mol. The fourth-order valence-electron chi connectivity index (χ4n) is 2.96. The van der Waals surface area contributed by atoms with Gasteiger partial charge in [-0.1, -0.05) is 30.3 Å². The van der Waals surface area contributed by atoms with Gasteiger partial charge in [-0.3, -0.25) is 0 Å². The van der Waals surface area contributed by atoms with Crippen molar-refractivity contribution >= 4 is 21.8 Å². The lowest BCUT2D eigenvalue weighted by atomic mass is 10.1. The zero-order chi connectivity index (χ0) is 13.4. The zero-order valence-corrected chi connectivity index (χ0v) is 11.7. The Kier molecular flexibility index (Phi) is 3.03. The van der Waals surface area contributed by atoms with Crippen molar-refractivity contribution in [3.63, 3.8) is 0 Å². The minimum atomic E-state index is 0.445. The molecule has 3 aromatic rings. The van der Waals surface area contributed by atoms with Crippen LogP contribution in [0.5, 0.6) is 0 Å². The molecule has 0 radical (unpaired) electrons. The molecule has 3 rings (SSSR count). The van der Waals surface area contributed by atoms with Crippen molar-refractivity contribution in [1.29, 1.82) is 0 Å². The van der Waals surface area contributed by atoms with Crippen molar-refractivity contribution in [2.45, 2.75) is 26.5 Å². The van der Waals surface area contributed by atoms with E-state index in [0.29, 0.717) is 12.6 Å². The smallest absolute Gasteiger partial charge is 0.0719 e. The molecule has 1 aromatic heterocycles. The molecule has 0 atom stereocenters. The Morgan fingerprint density at radius 2 is 1.74 bits per heavy atom. The second-order valence-electron chi connectivity index (χ2n) is 5.23. The molecule has 0 aliphatic rings. The van der Waals surface area contributed by atoms with E-state index in [0.717, 1.165) is 0 Å². The van der Waals surface area contributed by atoms with E-state index in [1.807, 2.05) is 0 Å². The highest BCUT2D eigenvalue weighted by Gasteiger charge is 2.14. The van der Waals surface area contributed by atoms with Crippen molar-refractivity contribution in [2.24, 2.45) is 0 Å². The number of methoxy groups -OCH3 is 1. The first-order chi connectivity index (χ1) is 9.24. The highest BCUT2D eigenvalue weighted by Crippen LogP contribution is 2.34. The number of aromatic nitrogens is 1. The maximum atomic E-state index is 5.35. The number of hydrogen-bond donors (Lipinski definition) is 0. The molecule has 0 spiro atoms. The van der Waals surface area contributed by atoms with E-state index in [-0.39, 0.29) is 0 Å². The molecular formula is C17H19NO. The van der Waals surface area contributed by atoms with Crippen LogP contribution in [0.1, 0.15) is 25.5 Å². The summed E-state index contributed by atoms with van der Waals surface area (Å²) < 4.78 is 7.75. The Morgan fingerprint density at radius 1 is 1.00 bits per heavy atom. The van der Waals surface area contributed by atoms with Crippen molar-refractivity contribution in [2.75, 3.05) is 7.11 Å². The van der Waals surface area contributed by atoms with Crippen LogP contribution in [0.4, 0.5) is 0 Å². The predicted octanol–water partition coefficient (Wildman–Crippen LogP) is 4.52. The monoisotopic (exact) mass is 253 g/mol. The van der Waals surface area contributed by atoms with Crippen molar-refractivity contribution < 1.29 is 4.74 Å². The summed E-state index contributed by atoms with van der Waals surface area (Å²) in [7, 11) is 1.75. The first kappa shape index (κ1) is 12.2. The standard InChI is InChI=1S/C17H19NO/c1-12(2)18-15-9-5-4-8-14(15)17-13(11-19-3)7-6-10-16(17)18/h4-10,12H,11H2,1-3H3. The lowest BCUT2D eigenvalue weighted by Crippen LogP contribution is -1.99. The van der Waals surface area contributed by atoms with Gasteiger partial charge in [-0.15, -0.1) is 0 Å². The van der Waals surface area contributed by atoms with Crippen LogP contribution < -0.4 is 0 Å². The first-order valence-electron chi connectivity index (χ1n) is 6.73. The summed E-state index contributed by atoms with van der Waals surface area (Å²) in [5, 5.41) is 2.65. The number of fused-ring (bicyclic) bond motifs is 3. The minimum absolute atomic E-state index is 0.445. The predicted molar refractivity (Wildman–Crippen MR) is 80.5 cm³/mol. The molecule has 0 unspecified atom stereocenters. The highest BCUT2D eigenvalue weighted by atomic mass is 16.5. The number of benzene rings is 2. The quantitative estimate of drug-likeness (QED) is 0.669. The van der Waals surface area contributed by atoms with Gasteiger partial charge in [0.2, 0.25) is 0 Å². The van der Waals surface area contributed by atoms with Gasteiger partial charge in [0.1, 0.15) is 0 Å². The van der Waals surface area contributed by atoms with Gasteiger partial charge in [-0.05, 0) is 31.5 Å². The van der Waals surface area contributed by atoms with E-state index in [1.165, 1.54) is 27.4 Å². The lowest BCUT2D eigenvalue weighted by molar-refractivity contribution is 0.186. The third kappa shape index (κ3) is 1.83. The van der Waals surface area contributed by atoms with Crippen molar-refractivity contribution in [3.05, 3.63) is 48.0 Å². The Labute approximate surface area is 113 Å². The summed E-state index contributed by atoms with van der Waals surface area (Å²) in [6.07, 6.45) is 0. The summed E-state index contributed by atoms with van der Waals surface area (Å²) >= 11 is 0. The van der Waals surface area contributed by atoms with Crippen molar-refractivity contribution in [3.8, 4) is 0 Å². The van der Waals surface area contributed by atoms with Crippen molar-refractivity contribution in [1.82, 2.24) is 4.57 Å². The molecule has 0 amide bonds. The van der Waals surface area contributed by atoms with Crippen LogP contribution in [-0.2, 0) is 11.3 Å². The summed E-state index contributed by atoms with van der Waals surface area (Å²) in [5.74, 6) is 0. The summed E-state index contributed by atoms with van der Waals surface area (Å²) in [4.78, 5) is 0. The van der Waals surface area contributed by atoms with E-state index in [4.69, 9.17) is 4.74 Å². The summed E-state index contributed by atoms with van der Waals surface area (Å²) in [5.41, 5.74) is 3.86. The van der Waals surface area contributed by atoms with Gasteiger partial charge in [0.05, 0.1) is 6.61 Å². The lowest BCUT2D eigenvalue weighted by Gasteiger charge is -2.11. The molecule has 0 saturated carbocycles. The van der Waals surface area contributed by atoms with Gasteiger partial charge in [-0.25, -0.2) is 0 Å². The maximum absolute atomic E-state index is 5.35. The summed E-state index contributed by atoms with van der Waals surface area (Å²) in [6, 6.07) is 15.5. The average Bonchev–Trinajstić information content (AvgIpc) is 2.74. The number of rotatable bonds is 3. The molecule has 0 bridgehead atoms. The van der Waals surface area contributed by atoms with Crippen LogP contribution in [0.25, 0.3) is 21.8 Å². The summed E-state index contributed by atoms with van der Waals surface area (Å²) in [6.45, 7) is 5.12. The van der Waals surface area contributed by atoms with E-state index in [9.17, 15) is 0 Å². The fourth-order valence-corrected chi connectivity index (χ4v) is 2.96. The maximum Gasteiger partial charge on any atom is 0.0719 e. The fraction of sp³-hybridized carbons (Fsp3) is 0.294. The van der Waals surface area contributed by atoms with Gasteiger partial charge in [0, 0.05) is 35.0 Å². The van der Waals surface area contributed by atoms with E-state index in [1.54, 1.807) is 7.11 Å². The number of para-hydroxylation sites is 1. The molecule has 19 heavy (non-hydrogen) atoms. The molecule has 0 aliphatic heterocycles. The van der Waals surface area contributed by atoms with Crippen LogP contribution in [0, 0.1) is 0 Å². The first-order valence-corrected chi connectivity index (χ1v) is 6.73. The molecule has 98 valence electrons. The van der Waals surface area contributed by atoms with Gasteiger partial charge in [0.15, 0.2) is 0 Å². The molecule has 2 nitrogen and oxygen atoms in total. The minimum Gasteiger partial charge on any atom is -0.380 e. The Morgan fingerprint density at radius 3 is 2.47 bits per heavy atom. The van der Waals surface area contributed by atoms with Gasteiger partial charge < -0.3 is 9.30 Å². The van der Waals surface area contributed by atoms with E-state index in [2.05, 4.69) is 60.9 Å². The third-order valence-electron chi connectivity index (χ3n) is 3.64. The normalized spacial score (nSPS) is 11.8. The molecule has 0 saturated heterocycles. The zero-order valence-electron chi connectivity index (χ0n) is 11.7. The molecule has 2 heteroatoms. The topological polar surface area (TPSA) is 14.2 Å². The molecule has 0 fully saturated rings. The number of ether oxygens (including phenoxy) is 1. The molecule has 2 aromatic carbocycles. The van der Waals surface area contributed by atoms with Crippen LogP contribution in [0.2, 0.25) is 0 Å². The van der Waals surface area contributed by atoms with E-state index >= 15 is 0 Å². The SMILES string of the molecule is COCc1cccc2c1c1ccccc1n2C(C)C. The van der Waals surface area contributed by atoms with E-state index < -0.39 is 0 Å². The highest BCUT2D eigenvalue weighted by molar-refractivity contribution is 6.09. The Balaban J connectivity index is 2.49. The van der Waals surface area contributed by atoms with Gasteiger partial charge >= 0.3 is 0 Å². The Bertz CT molecular complexity index is 725.